The number of benzodiazepines with no additional fused rings is 1. The van der Waals surface area contributed by atoms with E-state index in [1.807, 2.05) is 54.6 Å². The largest absolute Gasteiger partial charge is 0.506 e. The number of carbonyl (C=O) groups excluding carboxylic acids is 1. The Morgan fingerprint density at radius 3 is 2.41 bits per heavy atom. The van der Waals surface area contributed by atoms with Crippen molar-refractivity contribution in [3.05, 3.63) is 89.7 Å². The molecule has 1 unspecified atom stereocenters. The van der Waals surface area contributed by atoms with E-state index in [4.69, 9.17) is 10.8 Å². The summed E-state index contributed by atoms with van der Waals surface area (Å²) in [5.74, 6) is -0.802. The Labute approximate surface area is 169 Å². The molecular weight excluding hydrogens is 371 g/mol. The quantitative estimate of drug-likeness (QED) is 0.499. The van der Waals surface area contributed by atoms with Gasteiger partial charge in [0, 0.05) is 19.6 Å². The van der Waals surface area contributed by atoms with E-state index in [0.29, 0.717) is 0 Å². The van der Waals surface area contributed by atoms with Gasteiger partial charge in [0.25, 0.3) is 5.91 Å². The standard InChI is InChI=1S/C15H13N3O.C7H8FNO.H2/c16-14-15(19)17-12-9-5-4-8-11(12)13(18-14)10-6-2-1-3-7-10;1-9-7-5(8)3-2-4-6(7)10;/h1-9,14H,16H2,(H,17,19);2-4,9-10H,1H3;1H. The Kier molecular flexibility index (Phi) is 6.21. The molecule has 0 aliphatic carbocycles. The van der Waals surface area contributed by atoms with Crippen molar-refractivity contribution in [3.8, 4) is 5.75 Å². The third-order valence-corrected chi connectivity index (χ3v) is 4.27. The third-order valence-electron chi connectivity index (χ3n) is 4.27. The van der Waals surface area contributed by atoms with E-state index in [1.165, 1.54) is 18.2 Å². The van der Waals surface area contributed by atoms with E-state index in [0.717, 1.165) is 22.5 Å². The zero-order valence-corrected chi connectivity index (χ0v) is 15.8. The Morgan fingerprint density at radius 1 is 1.07 bits per heavy atom. The number of phenols is 1. The number of aliphatic imine (C=N–C) groups is 1. The van der Waals surface area contributed by atoms with Gasteiger partial charge in [0.15, 0.2) is 6.17 Å². The number of hydrogen-bond acceptors (Lipinski definition) is 5. The van der Waals surface area contributed by atoms with Crippen LogP contribution in [0.2, 0.25) is 0 Å². The SMILES string of the molecule is CNc1c(O)cccc1F.NC1N=C(c2ccccc2)c2ccccc2NC1=O.[HH]. The molecule has 0 saturated carbocycles. The van der Waals surface area contributed by atoms with Gasteiger partial charge in [0.05, 0.1) is 11.4 Å². The first-order valence-electron chi connectivity index (χ1n) is 8.95. The van der Waals surface area contributed by atoms with Crippen molar-refractivity contribution in [2.45, 2.75) is 6.17 Å². The summed E-state index contributed by atoms with van der Waals surface area (Å²) in [4.78, 5) is 16.2. The van der Waals surface area contributed by atoms with Crippen molar-refractivity contribution in [1.82, 2.24) is 0 Å². The van der Waals surface area contributed by atoms with Gasteiger partial charge in [0.1, 0.15) is 17.3 Å². The lowest BCUT2D eigenvalue weighted by molar-refractivity contribution is -0.117. The highest BCUT2D eigenvalue weighted by Crippen LogP contribution is 2.24. The third kappa shape index (κ3) is 4.59. The summed E-state index contributed by atoms with van der Waals surface area (Å²) in [5.41, 5.74) is 9.23. The molecule has 3 aromatic rings. The molecule has 0 bridgehead atoms. The molecule has 0 aromatic heterocycles. The zero-order valence-electron chi connectivity index (χ0n) is 15.8. The van der Waals surface area contributed by atoms with Crippen molar-refractivity contribution in [3.63, 3.8) is 0 Å². The summed E-state index contributed by atoms with van der Waals surface area (Å²) < 4.78 is 12.6. The van der Waals surface area contributed by atoms with Crippen LogP contribution in [0.3, 0.4) is 0 Å². The predicted molar refractivity (Wildman–Crippen MR) is 115 cm³/mol. The van der Waals surface area contributed by atoms with Gasteiger partial charge in [-0.05, 0) is 18.2 Å². The lowest BCUT2D eigenvalue weighted by atomic mass is 10.0. The molecule has 1 amide bonds. The highest BCUT2D eigenvalue weighted by molar-refractivity contribution is 6.19. The summed E-state index contributed by atoms with van der Waals surface area (Å²) in [6, 6.07) is 21.5. The van der Waals surface area contributed by atoms with Gasteiger partial charge >= 0.3 is 0 Å². The van der Waals surface area contributed by atoms with Crippen molar-refractivity contribution in [2.24, 2.45) is 10.7 Å². The molecule has 0 fully saturated rings. The van der Waals surface area contributed by atoms with E-state index in [1.54, 1.807) is 7.05 Å². The maximum atomic E-state index is 12.6. The van der Waals surface area contributed by atoms with Crippen molar-refractivity contribution in [2.75, 3.05) is 17.7 Å². The predicted octanol–water partition coefficient (Wildman–Crippen LogP) is 3.58. The fraction of sp³-hybridized carbons (Fsp3) is 0.0909. The van der Waals surface area contributed by atoms with Crippen LogP contribution in [-0.2, 0) is 4.79 Å². The van der Waals surface area contributed by atoms with Gasteiger partial charge in [-0.1, -0.05) is 54.6 Å². The topological polar surface area (TPSA) is 99.7 Å². The molecule has 1 heterocycles. The number of carbonyl (C=O) groups is 1. The summed E-state index contributed by atoms with van der Waals surface area (Å²) in [5, 5.41) is 14.3. The molecule has 1 atom stereocenters. The second-order valence-electron chi connectivity index (χ2n) is 6.21. The minimum atomic E-state index is -0.886. The van der Waals surface area contributed by atoms with Crippen molar-refractivity contribution >= 4 is 23.0 Å². The number of fused-ring (bicyclic) bond motifs is 1. The van der Waals surface area contributed by atoms with Crippen LogP contribution in [0, 0.1) is 5.82 Å². The first-order valence-corrected chi connectivity index (χ1v) is 8.95. The number of amides is 1. The highest BCUT2D eigenvalue weighted by Gasteiger charge is 2.22. The second kappa shape index (κ2) is 8.99. The summed E-state index contributed by atoms with van der Waals surface area (Å²) in [7, 11) is 1.55. The number of nitrogens with two attached hydrogens (primary N) is 1. The minimum Gasteiger partial charge on any atom is -0.506 e. The van der Waals surface area contributed by atoms with E-state index < -0.39 is 12.0 Å². The summed E-state index contributed by atoms with van der Waals surface area (Å²) in [6.07, 6.45) is -0.886. The number of halogens is 1. The Balaban J connectivity index is 0.000000249. The van der Waals surface area contributed by atoms with E-state index in [9.17, 15) is 9.18 Å². The molecule has 3 aromatic carbocycles. The van der Waals surface area contributed by atoms with Gasteiger partial charge < -0.3 is 21.5 Å². The number of hydrogen-bond donors (Lipinski definition) is 4. The average molecular weight is 394 g/mol. The minimum absolute atomic E-state index is 0. The van der Waals surface area contributed by atoms with Crippen LogP contribution in [0.4, 0.5) is 15.8 Å². The van der Waals surface area contributed by atoms with Crippen LogP contribution in [0.5, 0.6) is 5.75 Å². The number of phenolic OH excluding ortho intramolecular Hbond substituents is 1. The maximum Gasteiger partial charge on any atom is 0.263 e. The van der Waals surface area contributed by atoms with Crippen LogP contribution in [0.1, 0.15) is 12.6 Å². The number of nitrogens with zero attached hydrogens (tertiary/aromatic N) is 1. The molecular formula is C22H23FN4O2. The molecule has 150 valence electrons. The molecule has 1 aliphatic heterocycles. The number of benzene rings is 3. The monoisotopic (exact) mass is 394 g/mol. The number of nitrogens with one attached hydrogen (secondary N) is 2. The Hall–Kier alpha value is -3.71. The first-order chi connectivity index (χ1) is 14.0. The molecule has 0 spiro atoms. The molecule has 5 N–H and O–H groups in total. The van der Waals surface area contributed by atoms with E-state index in [-0.39, 0.29) is 18.8 Å². The molecule has 0 radical (unpaired) electrons. The maximum absolute atomic E-state index is 12.6. The molecule has 6 nitrogen and oxygen atoms in total. The Bertz CT molecular complexity index is 1020. The lowest BCUT2D eigenvalue weighted by Crippen LogP contribution is -2.33. The lowest BCUT2D eigenvalue weighted by Gasteiger charge is -2.09. The molecule has 1 aliphatic rings. The zero-order chi connectivity index (χ0) is 20.8. The number of aromatic hydroxyl groups is 1. The van der Waals surface area contributed by atoms with Crippen LogP contribution >= 0.6 is 0 Å². The number of rotatable bonds is 2. The average Bonchev–Trinajstić information content (AvgIpc) is 2.86. The molecule has 7 heteroatoms. The van der Waals surface area contributed by atoms with E-state index in [2.05, 4.69) is 15.6 Å². The summed E-state index contributed by atoms with van der Waals surface area (Å²) in [6.45, 7) is 0. The first kappa shape index (κ1) is 20.0. The number of para-hydroxylation sites is 2. The fourth-order valence-electron chi connectivity index (χ4n) is 2.86. The van der Waals surface area contributed by atoms with Gasteiger partial charge in [-0.3, -0.25) is 9.79 Å². The molecule has 4 rings (SSSR count). The molecule has 29 heavy (non-hydrogen) atoms. The van der Waals surface area contributed by atoms with Crippen molar-refractivity contribution in [1.29, 1.82) is 0 Å². The Morgan fingerprint density at radius 2 is 1.76 bits per heavy atom. The van der Waals surface area contributed by atoms with Crippen molar-refractivity contribution < 1.29 is 15.7 Å². The second-order valence-corrected chi connectivity index (χ2v) is 6.21. The van der Waals surface area contributed by atoms with Crippen LogP contribution in [0.25, 0.3) is 0 Å². The summed E-state index contributed by atoms with van der Waals surface area (Å²) >= 11 is 0. The smallest absolute Gasteiger partial charge is 0.263 e. The number of anilines is 2. The fourth-order valence-corrected chi connectivity index (χ4v) is 2.86. The van der Waals surface area contributed by atoms with Gasteiger partial charge in [-0.15, -0.1) is 0 Å². The van der Waals surface area contributed by atoms with Crippen LogP contribution < -0.4 is 16.4 Å². The highest BCUT2D eigenvalue weighted by atomic mass is 19.1. The van der Waals surface area contributed by atoms with Crippen LogP contribution in [-0.4, -0.2) is 29.9 Å². The molecule has 0 saturated heterocycles. The van der Waals surface area contributed by atoms with Gasteiger partial charge in [-0.25, -0.2) is 4.39 Å². The van der Waals surface area contributed by atoms with Gasteiger partial charge in [0.2, 0.25) is 0 Å². The van der Waals surface area contributed by atoms with E-state index >= 15 is 0 Å². The normalized spacial score (nSPS) is 15.1. The van der Waals surface area contributed by atoms with Crippen LogP contribution in [0.15, 0.2) is 77.8 Å². The van der Waals surface area contributed by atoms with Gasteiger partial charge in [-0.2, -0.15) is 0 Å².